The van der Waals surface area contributed by atoms with E-state index < -0.39 is 16.1 Å². The summed E-state index contributed by atoms with van der Waals surface area (Å²) in [4.78, 5) is 18.0. The van der Waals surface area contributed by atoms with Crippen LogP contribution in [0.2, 0.25) is 4.34 Å². The van der Waals surface area contributed by atoms with Gasteiger partial charge in [0.05, 0.1) is 4.34 Å². The number of nitrogens with zero attached hydrogens (tertiary/aromatic N) is 2. The third-order valence-electron chi connectivity index (χ3n) is 5.46. The Morgan fingerprint density at radius 2 is 1.93 bits per heavy atom. The van der Waals surface area contributed by atoms with Gasteiger partial charge in [-0.1, -0.05) is 11.6 Å². The van der Waals surface area contributed by atoms with E-state index in [1.165, 1.54) is 17.4 Å². The topological polar surface area (TPSA) is 69.7 Å². The largest absolute Gasteiger partial charge is 0.338 e. The zero-order valence-electron chi connectivity index (χ0n) is 16.3. The van der Waals surface area contributed by atoms with Crippen molar-refractivity contribution in [2.75, 3.05) is 19.6 Å². The summed E-state index contributed by atoms with van der Waals surface area (Å²) in [5.74, 6) is -0.0922. The molecule has 156 valence electrons. The van der Waals surface area contributed by atoms with E-state index in [-0.39, 0.29) is 11.9 Å². The van der Waals surface area contributed by atoms with E-state index in [0.29, 0.717) is 23.3 Å². The smallest absolute Gasteiger partial charge is 0.241 e. The highest BCUT2D eigenvalue weighted by Gasteiger charge is 2.36. The van der Waals surface area contributed by atoms with Gasteiger partial charge in [-0.25, -0.2) is 8.42 Å². The molecule has 2 fully saturated rings. The molecule has 0 aliphatic carbocycles. The number of sulfonamides is 1. The van der Waals surface area contributed by atoms with Crippen molar-refractivity contribution in [2.24, 2.45) is 0 Å². The normalized spacial score (nSPS) is 23.2. The third kappa shape index (κ3) is 5.57. The molecule has 2 saturated heterocycles. The third-order valence-corrected chi connectivity index (χ3v) is 7.76. The maximum absolute atomic E-state index is 12.9. The van der Waals surface area contributed by atoms with Gasteiger partial charge < -0.3 is 9.80 Å². The van der Waals surface area contributed by atoms with Crippen molar-refractivity contribution in [1.82, 2.24) is 14.5 Å². The summed E-state index contributed by atoms with van der Waals surface area (Å²) in [5, 5.41) is 1.11. The highest BCUT2D eigenvalue weighted by Crippen LogP contribution is 2.24. The SMILES string of the molecule is CC(C)N1CCC(N2CCC[C@H](NS(=O)(=O)/C=C/c3ccc(Cl)s3)C2=O)CC1. The second kappa shape index (κ2) is 9.26. The number of piperidine rings is 2. The average Bonchev–Trinajstić information content (AvgIpc) is 3.07. The number of hydrogen-bond donors (Lipinski definition) is 1. The fourth-order valence-corrected chi connectivity index (χ4v) is 5.97. The maximum atomic E-state index is 12.9. The number of thiophene rings is 1. The molecule has 0 aromatic carbocycles. The van der Waals surface area contributed by atoms with Crippen LogP contribution in [0.4, 0.5) is 0 Å². The molecule has 0 bridgehead atoms. The molecule has 1 amide bonds. The minimum Gasteiger partial charge on any atom is -0.338 e. The summed E-state index contributed by atoms with van der Waals surface area (Å²) < 4.78 is 28.0. The molecule has 0 saturated carbocycles. The van der Waals surface area contributed by atoms with Crippen molar-refractivity contribution in [1.29, 1.82) is 0 Å². The van der Waals surface area contributed by atoms with Crippen molar-refractivity contribution in [3.05, 3.63) is 26.8 Å². The van der Waals surface area contributed by atoms with Crippen molar-refractivity contribution < 1.29 is 13.2 Å². The molecule has 1 N–H and O–H groups in total. The zero-order chi connectivity index (χ0) is 20.3. The number of carbonyl (C=O) groups excluding carboxylic acids is 1. The van der Waals surface area contributed by atoms with E-state index in [1.807, 2.05) is 4.90 Å². The highest BCUT2D eigenvalue weighted by atomic mass is 35.5. The quantitative estimate of drug-likeness (QED) is 0.730. The van der Waals surface area contributed by atoms with E-state index in [1.54, 1.807) is 12.1 Å². The number of rotatable bonds is 6. The molecule has 1 aromatic rings. The molecule has 1 aromatic heterocycles. The number of halogens is 1. The average molecular weight is 446 g/mol. The summed E-state index contributed by atoms with van der Waals surface area (Å²) >= 11 is 7.17. The van der Waals surface area contributed by atoms with Crippen LogP contribution in [0.3, 0.4) is 0 Å². The number of carbonyl (C=O) groups is 1. The Morgan fingerprint density at radius 3 is 2.54 bits per heavy atom. The predicted octanol–water partition coefficient (Wildman–Crippen LogP) is 3.16. The van der Waals surface area contributed by atoms with Gasteiger partial charge in [-0.15, -0.1) is 11.3 Å². The maximum Gasteiger partial charge on any atom is 0.241 e. The first-order chi connectivity index (χ1) is 13.2. The number of hydrogen-bond acceptors (Lipinski definition) is 5. The van der Waals surface area contributed by atoms with Gasteiger partial charge in [0.15, 0.2) is 0 Å². The first kappa shape index (κ1) is 21.8. The standard InChI is InChI=1S/C19H28ClN3O3S2/c1-14(2)22-11-7-15(8-12-22)23-10-3-4-17(19(23)24)21-28(25,26)13-9-16-5-6-18(20)27-16/h5-6,9,13-15,17,21H,3-4,7-8,10-12H2,1-2H3/b13-9+/t17-/m0/s1. The van der Waals surface area contributed by atoms with E-state index >= 15 is 0 Å². The first-order valence-electron chi connectivity index (χ1n) is 9.75. The van der Waals surface area contributed by atoms with Crippen LogP contribution in [0.25, 0.3) is 6.08 Å². The van der Waals surface area contributed by atoms with Gasteiger partial charge >= 0.3 is 0 Å². The van der Waals surface area contributed by atoms with Crippen molar-refractivity contribution in [3.8, 4) is 0 Å². The summed E-state index contributed by atoms with van der Waals surface area (Å²) in [7, 11) is -3.70. The van der Waals surface area contributed by atoms with Crippen molar-refractivity contribution in [2.45, 2.75) is 57.7 Å². The van der Waals surface area contributed by atoms with Crippen LogP contribution in [-0.4, -0.2) is 61.9 Å². The minimum atomic E-state index is -3.70. The molecule has 9 heteroatoms. The van der Waals surface area contributed by atoms with E-state index in [4.69, 9.17) is 11.6 Å². The summed E-state index contributed by atoms with van der Waals surface area (Å²) in [5.41, 5.74) is 0. The van der Waals surface area contributed by atoms with Gasteiger partial charge in [0.25, 0.3) is 0 Å². The van der Waals surface area contributed by atoms with Crippen LogP contribution in [0.1, 0.15) is 44.4 Å². The van der Waals surface area contributed by atoms with E-state index in [0.717, 1.165) is 42.6 Å². The van der Waals surface area contributed by atoms with Crippen LogP contribution in [0, 0.1) is 0 Å². The molecule has 28 heavy (non-hydrogen) atoms. The Hall–Kier alpha value is -0.930. The predicted molar refractivity (Wildman–Crippen MR) is 115 cm³/mol. The lowest BCUT2D eigenvalue weighted by atomic mass is 9.97. The Balaban J connectivity index is 1.60. The summed E-state index contributed by atoms with van der Waals surface area (Å²) in [6.07, 6.45) is 4.75. The molecule has 1 atom stereocenters. The first-order valence-corrected chi connectivity index (χ1v) is 12.5. The Labute approximate surface area is 176 Å². The monoisotopic (exact) mass is 445 g/mol. The lowest BCUT2D eigenvalue weighted by Gasteiger charge is -2.43. The molecule has 0 unspecified atom stereocenters. The van der Waals surface area contributed by atoms with Crippen LogP contribution in [0.5, 0.6) is 0 Å². The van der Waals surface area contributed by atoms with Gasteiger partial charge in [-0.05, 0) is 57.7 Å². The van der Waals surface area contributed by atoms with Gasteiger partial charge in [0, 0.05) is 42.0 Å². The lowest BCUT2D eigenvalue weighted by Crippen LogP contribution is -2.57. The lowest BCUT2D eigenvalue weighted by molar-refractivity contribution is -0.139. The minimum absolute atomic E-state index is 0.0922. The molecule has 2 aliphatic rings. The zero-order valence-corrected chi connectivity index (χ0v) is 18.7. The van der Waals surface area contributed by atoms with Crippen molar-refractivity contribution in [3.63, 3.8) is 0 Å². The fraction of sp³-hybridized carbons (Fsp3) is 0.632. The number of amides is 1. The molecule has 3 heterocycles. The van der Waals surface area contributed by atoms with Crippen LogP contribution >= 0.6 is 22.9 Å². The molecule has 6 nitrogen and oxygen atoms in total. The number of likely N-dealkylation sites (tertiary alicyclic amines) is 2. The van der Waals surface area contributed by atoms with Gasteiger partial charge in [-0.2, -0.15) is 4.72 Å². The van der Waals surface area contributed by atoms with Crippen LogP contribution in [0.15, 0.2) is 17.5 Å². The van der Waals surface area contributed by atoms with E-state index in [2.05, 4.69) is 23.5 Å². The van der Waals surface area contributed by atoms with E-state index in [9.17, 15) is 13.2 Å². The second-order valence-corrected chi connectivity index (χ2v) is 11.0. The molecule has 3 rings (SSSR count). The highest BCUT2D eigenvalue weighted by molar-refractivity contribution is 7.92. The summed E-state index contributed by atoms with van der Waals surface area (Å²) in [6.45, 7) is 7.06. The van der Waals surface area contributed by atoms with Crippen LogP contribution < -0.4 is 4.72 Å². The van der Waals surface area contributed by atoms with Gasteiger partial charge in [-0.3, -0.25) is 4.79 Å². The molecule has 0 radical (unpaired) electrons. The fourth-order valence-electron chi connectivity index (χ4n) is 3.90. The second-order valence-electron chi connectivity index (χ2n) is 7.69. The van der Waals surface area contributed by atoms with Gasteiger partial charge in [0.1, 0.15) is 6.04 Å². The Bertz CT molecular complexity index is 814. The Kier molecular flexibility index (Phi) is 7.20. The molecule has 0 spiro atoms. The van der Waals surface area contributed by atoms with Crippen LogP contribution in [-0.2, 0) is 14.8 Å². The summed E-state index contributed by atoms with van der Waals surface area (Å²) in [6, 6.07) is 3.52. The van der Waals surface area contributed by atoms with Gasteiger partial charge in [0.2, 0.25) is 15.9 Å². The molecular formula is C19H28ClN3O3S2. The Morgan fingerprint density at radius 1 is 1.21 bits per heavy atom. The molecule has 2 aliphatic heterocycles. The molecular weight excluding hydrogens is 418 g/mol. The van der Waals surface area contributed by atoms with Crippen molar-refractivity contribution >= 4 is 44.9 Å². The number of nitrogens with one attached hydrogen (secondary N) is 1.